The third-order valence-corrected chi connectivity index (χ3v) is 2.89. The molecule has 0 spiro atoms. The van der Waals surface area contributed by atoms with E-state index in [0.29, 0.717) is 12.1 Å². The molecule has 0 radical (unpaired) electrons. The van der Waals surface area contributed by atoms with Crippen molar-refractivity contribution in [3.8, 4) is 0 Å². The molecule has 0 aliphatic carbocycles. The van der Waals surface area contributed by atoms with Crippen LogP contribution >= 0.6 is 0 Å². The molecule has 0 aromatic carbocycles. The SMILES string of the molecule is CCCN(CC)C(C)C(CC)NC. The first kappa shape index (κ1) is 12.9. The summed E-state index contributed by atoms with van der Waals surface area (Å²) in [5.41, 5.74) is 0. The van der Waals surface area contributed by atoms with Gasteiger partial charge in [-0.25, -0.2) is 0 Å². The van der Waals surface area contributed by atoms with Gasteiger partial charge in [0.1, 0.15) is 0 Å². The fourth-order valence-corrected chi connectivity index (χ4v) is 1.98. The van der Waals surface area contributed by atoms with Crippen molar-refractivity contribution in [3.63, 3.8) is 0 Å². The van der Waals surface area contributed by atoms with Gasteiger partial charge in [-0.2, -0.15) is 0 Å². The Labute approximate surface area is 83.7 Å². The standard InChI is InChI=1S/C11H26N2/c1-6-9-13(8-3)10(4)11(7-2)12-5/h10-12H,6-9H2,1-5H3. The second kappa shape index (κ2) is 7.34. The van der Waals surface area contributed by atoms with Crippen molar-refractivity contribution in [2.45, 2.75) is 52.6 Å². The molecule has 2 unspecified atom stereocenters. The van der Waals surface area contributed by atoms with Gasteiger partial charge in [-0.1, -0.05) is 20.8 Å². The third kappa shape index (κ3) is 4.10. The van der Waals surface area contributed by atoms with Crippen LogP contribution in [-0.4, -0.2) is 37.1 Å². The lowest BCUT2D eigenvalue weighted by Gasteiger charge is -2.33. The highest BCUT2D eigenvalue weighted by Crippen LogP contribution is 2.07. The van der Waals surface area contributed by atoms with Crippen LogP contribution in [0.1, 0.15) is 40.5 Å². The number of hydrogen-bond acceptors (Lipinski definition) is 2. The summed E-state index contributed by atoms with van der Waals surface area (Å²) in [6, 6.07) is 1.28. The van der Waals surface area contributed by atoms with Crippen LogP contribution in [0.2, 0.25) is 0 Å². The molecule has 0 bridgehead atoms. The van der Waals surface area contributed by atoms with Gasteiger partial charge in [-0.15, -0.1) is 0 Å². The van der Waals surface area contributed by atoms with Crippen LogP contribution in [0.5, 0.6) is 0 Å². The Morgan fingerprint density at radius 2 is 1.85 bits per heavy atom. The average Bonchev–Trinajstić information content (AvgIpc) is 2.15. The first-order valence-corrected chi connectivity index (χ1v) is 5.62. The molecule has 2 nitrogen and oxygen atoms in total. The van der Waals surface area contributed by atoms with Crippen LogP contribution in [0, 0.1) is 0 Å². The molecule has 80 valence electrons. The normalized spacial score (nSPS) is 16.2. The minimum atomic E-state index is 0.631. The van der Waals surface area contributed by atoms with E-state index < -0.39 is 0 Å². The predicted octanol–water partition coefficient (Wildman–Crippen LogP) is 2.10. The first-order valence-electron chi connectivity index (χ1n) is 5.62. The lowest BCUT2D eigenvalue weighted by atomic mass is 10.1. The molecule has 1 N–H and O–H groups in total. The molecule has 2 heteroatoms. The monoisotopic (exact) mass is 186 g/mol. The molecule has 2 atom stereocenters. The van der Waals surface area contributed by atoms with Gasteiger partial charge in [0.25, 0.3) is 0 Å². The summed E-state index contributed by atoms with van der Waals surface area (Å²) >= 11 is 0. The van der Waals surface area contributed by atoms with Crippen molar-refractivity contribution in [2.24, 2.45) is 0 Å². The van der Waals surface area contributed by atoms with Crippen molar-refractivity contribution < 1.29 is 0 Å². The Morgan fingerprint density at radius 3 is 2.15 bits per heavy atom. The first-order chi connectivity index (χ1) is 6.21. The smallest absolute Gasteiger partial charge is 0.0220 e. The van der Waals surface area contributed by atoms with E-state index >= 15 is 0 Å². The van der Waals surface area contributed by atoms with Crippen LogP contribution in [0.25, 0.3) is 0 Å². The summed E-state index contributed by atoms with van der Waals surface area (Å²) < 4.78 is 0. The summed E-state index contributed by atoms with van der Waals surface area (Å²) in [5.74, 6) is 0. The number of rotatable bonds is 7. The van der Waals surface area contributed by atoms with Gasteiger partial charge in [-0.05, 0) is 39.9 Å². The Balaban J connectivity index is 4.07. The minimum absolute atomic E-state index is 0.631. The molecule has 0 aromatic rings. The zero-order valence-corrected chi connectivity index (χ0v) is 9.93. The van der Waals surface area contributed by atoms with Gasteiger partial charge >= 0.3 is 0 Å². The van der Waals surface area contributed by atoms with E-state index in [1.165, 1.54) is 19.4 Å². The van der Waals surface area contributed by atoms with E-state index in [9.17, 15) is 0 Å². The molecule has 0 aromatic heterocycles. The van der Waals surface area contributed by atoms with Crippen molar-refractivity contribution in [1.29, 1.82) is 0 Å². The molecule has 0 aliphatic rings. The maximum absolute atomic E-state index is 3.38. The molecule has 13 heavy (non-hydrogen) atoms. The molecule has 0 amide bonds. The molecular formula is C11H26N2. The number of likely N-dealkylation sites (N-methyl/N-ethyl adjacent to an activating group) is 2. The van der Waals surface area contributed by atoms with Crippen molar-refractivity contribution in [2.75, 3.05) is 20.1 Å². The van der Waals surface area contributed by atoms with Crippen molar-refractivity contribution >= 4 is 0 Å². The van der Waals surface area contributed by atoms with Gasteiger partial charge in [-0.3, -0.25) is 4.90 Å². The van der Waals surface area contributed by atoms with E-state index in [4.69, 9.17) is 0 Å². The average molecular weight is 186 g/mol. The van der Waals surface area contributed by atoms with Crippen LogP contribution < -0.4 is 5.32 Å². The van der Waals surface area contributed by atoms with E-state index in [1.54, 1.807) is 0 Å². The molecular weight excluding hydrogens is 160 g/mol. The second-order valence-electron chi connectivity index (χ2n) is 3.67. The van der Waals surface area contributed by atoms with Crippen LogP contribution in [-0.2, 0) is 0 Å². The van der Waals surface area contributed by atoms with Crippen LogP contribution in [0.3, 0.4) is 0 Å². The Morgan fingerprint density at radius 1 is 1.23 bits per heavy atom. The minimum Gasteiger partial charge on any atom is -0.315 e. The quantitative estimate of drug-likeness (QED) is 0.655. The summed E-state index contributed by atoms with van der Waals surface area (Å²) in [7, 11) is 2.06. The Hall–Kier alpha value is -0.0800. The largest absolute Gasteiger partial charge is 0.315 e. The topological polar surface area (TPSA) is 15.3 Å². The van der Waals surface area contributed by atoms with Gasteiger partial charge in [0.15, 0.2) is 0 Å². The summed E-state index contributed by atoms with van der Waals surface area (Å²) in [5, 5.41) is 3.38. The highest BCUT2D eigenvalue weighted by molar-refractivity contribution is 4.78. The van der Waals surface area contributed by atoms with Gasteiger partial charge in [0, 0.05) is 12.1 Å². The summed E-state index contributed by atoms with van der Waals surface area (Å²) in [4.78, 5) is 2.55. The molecule has 0 heterocycles. The molecule has 0 fully saturated rings. The number of nitrogens with one attached hydrogen (secondary N) is 1. The van der Waals surface area contributed by atoms with Crippen molar-refractivity contribution in [1.82, 2.24) is 10.2 Å². The van der Waals surface area contributed by atoms with E-state index in [1.807, 2.05) is 0 Å². The zero-order valence-electron chi connectivity index (χ0n) is 9.93. The molecule has 0 aliphatic heterocycles. The van der Waals surface area contributed by atoms with Crippen LogP contribution in [0.4, 0.5) is 0 Å². The summed E-state index contributed by atoms with van der Waals surface area (Å²) in [6.45, 7) is 11.4. The number of hydrogen-bond donors (Lipinski definition) is 1. The lowest BCUT2D eigenvalue weighted by Crippen LogP contribution is -2.47. The Kier molecular flexibility index (Phi) is 7.29. The lowest BCUT2D eigenvalue weighted by molar-refractivity contribution is 0.178. The van der Waals surface area contributed by atoms with Gasteiger partial charge in [0.05, 0.1) is 0 Å². The molecule has 0 saturated carbocycles. The van der Waals surface area contributed by atoms with Crippen molar-refractivity contribution in [3.05, 3.63) is 0 Å². The molecule has 0 rings (SSSR count). The summed E-state index contributed by atoms with van der Waals surface area (Å²) in [6.07, 6.45) is 2.45. The van der Waals surface area contributed by atoms with Crippen LogP contribution in [0.15, 0.2) is 0 Å². The fraction of sp³-hybridized carbons (Fsp3) is 1.00. The second-order valence-corrected chi connectivity index (χ2v) is 3.67. The maximum Gasteiger partial charge on any atom is 0.0220 e. The highest BCUT2D eigenvalue weighted by Gasteiger charge is 2.18. The highest BCUT2D eigenvalue weighted by atomic mass is 15.2. The van der Waals surface area contributed by atoms with Gasteiger partial charge in [0.2, 0.25) is 0 Å². The maximum atomic E-state index is 3.38. The fourth-order valence-electron chi connectivity index (χ4n) is 1.98. The third-order valence-electron chi connectivity index (χ3n) is 2.89. The van der Waals surface area contributed by atoms with E-state index in [-0.39, 0.29) is 0 Å². The predicted molar refractivity (Wildman–Crippen MR) is 60.1 cm³/mol. The number of nitrogens with zero attached hydrogens (tertiary/aromatic N) is 1. The Bertz CT molecular complexity index is 111. The van der Waals surface area contributed by atoms with Gasteiger partial charge < -0.3 is 5.32 Å². The zero-order chi connectivity index (χ0) is 10.3. The van der Waals surface area contributed by atoms with E-state index in [2.05, 4.69) is 45.0 Å². The molecule has 0 saturated heterocycles. The van der Waals surface area contributed by atoms with E-state index in [0.717, 1.165) is 6.54 Å².